The summed E-state index contributed by atoms with van der Waals surface area (Å²) in [6.45, 7) is 5.10. The maximum Gasteiger partial charge on any atom is 0.250 e. The van der Waals surface area contributed by atoms with E-state index < -0.39 is 0 Å². The number of anilines is 1. The van der Waals surface area contributed by atoms with Gasteiger partial charge in [-0.25, -0.2) is 0 Å². The number of fused-ring (bicyclic) bond motifs is 1. The fraction of sp³-hybridized carbons (Fsp3) is 0.125. The summed E-state index contributed by atoms with van der Waals surface area (Å²) >= 11 is 5.94. The van der Waals surface area contributed by atoms with Crippen LogP contribution in [0.5, 0.6) is 0 Å². The van der Waals surface area contributed by atoms with Gasteiger partial charge in [0.15, 0.2) is 5.65 Å². The van der Waals surface area contributed by atoms with Crippen molar-refractivity contribution < 1.29 is 4.79 Å². The topological polar surface area (TPSA) is 75.1 Å². The van der Waals surface area contributed by atoms with Crippen molar-refractivity contribution in [2.75, 3.05) is 5.32 Å². The van der Waals surface area contributed by atoms with E-state index in [0.717, 1.165) is 6.08 Å². The van der Waals surface area contributed by atoms with Crippen molar-refractivity contribution in [3.05, 3.63) is 23.4 Å². The summed E-state index contributed by atoms with van der Waals surface area (Å²) in [5, 5.41) is 11.0. The second-order valence-corrected chi connectivity index (χ2v) is 3.28. The Bertz CT molecular complexity index is 540. The molecule has 0 unspecified atom stereocenters. The highest BCUT2D eigenvalue weighted by Gasteiger charge is 2.12. The molecule has 0 aliphatic heterocycles. The highest BCUT2D eigenvalue weighted by Crippen LogP contribution is 2.20. The largest absolute Gasteiger partial charge is 0.306 e. The highest BCUT2D eigenvalue weighted by atomic mass is 35.5. The van der Waals surface area contributed by atoms with Crippen molar-refractivity contribution in [3.63, 3.8) is 0 Å². The first kappa shape index (κ1) is 9.72. The Morgan fingerprint density at radius 1 is 1.67 bits per heavy atom. The van der Waals surface area contributed by atoms with Crippen LogP contribution >= 0.6 is 11.6 Å². The van der Waals surface area contributed by atoms with Crippen LogP contribution in [0.3, 0.4) is 0 Å². The minimum absolute atomic E-state index is 0.282. The van der Waals surface area contributed by atoms with Gasteiger partial charge in [-0.05, 0) is 13.0 Å². The second kappa shape index (κ2) is 3.39. The quantitative estimate of drug-likeness (QED) is 0.753. The van der Waals surface area contributed by atoms with Crippen LogP contribution in [0.2, 0.25) is 5.02 Å². The lowest BCUT2D eigenvalue weighted by molar-refractivity contribution is -0.111. The fourth-order valence-corrected chi connectivity index (χ4v) is 1.29. The zero-order chi connectivity index (χ0) is 11.0. The van der Waals surface area contributed by atoms with Crippen LogP contribution < -0.4 is 5.32 Å². The zero-order valence-electron chi connectivity index (χ0n) is 7.91. The molecule has 15 heavy (non-hydrogen) atoms. The summed E-state index contributed by atoms with van der Waals surface area (Å²) in [7, 11) is 0. The molecule has 0 saturated carbocycles. The molecule has 78 valence electrons. The van der Waals surface area contributed by atoms with Gasteiger partial charge in [0.05, 0.1) is 5.69 Å². The monoisotopic (exact) mass is 225 g/mol. The van der Waals surface area contributed by atoms with E-state index in [0.29, 0.717) is 16.4 Å². The SMILES string of the molecule is C=CC(=O)Nc1nn2nc(C)c(Cl)c2[nH]1. The number of H-pyrrole nitrogens is 1. The minimum atomic E-state index is -0.347. The van der Waals surface area contributed by atoms with Crippen molar-refractivity contribution in [3.8, 4) is 0 Å². The van der Waals surface area contributed by atoms with Crippen LogP contribution in [-0.4, -0.2) is 25.7 Å². The summed E-state index contributed by atoms with van der Waals surface area (Å²) < 4.78 is 1.33. The van der Waals surface area contributed by atoms with E-state index in [1.807, 2.05) is 0 Å². The summed E-state index contributed by atoms with van der Waals surface area (Å²) in [5.74, 6) is -0.0656. The number of nitrogens with zero attached hydrogens (tertiary/aromatic N) is 3. The molecule has 0 radical (unpaired) electrons. The molecule has 2 N–H and O–H groups in total. The number of hydrogen-bond donors (Lipinski definition) is 2. The molecule has 2 aromatic heterocycles. The molecule has 7 heteroatoms. The molecule has 0 saturated heterocycles. The minimum Gasteiger partial charge on any atom is -0.306 e. The number of amides is 1. The maximum atomic E-state index is 11.0. The van der Waals surface area contributed by atoms with Crippen LogP contribution in [0.4, 0.5) is 5.95 Å². The number of hydrogen-bond acceptors (Lipinski definition) is 3. The third kappa shape index (κ3) is 1.59. The van der Waals surface area contributed by atoms with E-state index in [4.69, 9.17) is 11.6 Å². The molecule has 0 bridgehead atoms. The molecule has 0 fully saturated rings. The lowest BCUT2D eigenvalue weighted by Crippen LogP contribution is -2.08. The predicted octanol–water partition coefficient (Wildman–Crippen LogP) is 1.14. The van der Waals surface area contributed by atoms with Crippen molar-refractivity contribution in [2.24, 2.45) is 0 Å². The first-order valence-electron chi connectivity index (χ1n) is 4.16. The standard InChI is InChI=1S/C8H8ClN5O/c1-3-5(15)10-8-11-7-6(9)4(2)12-14(7)13-8/h3H,1H2,2H3,(H2,10,11,13,15). The summed E-state index contributed by atoms with van der Waals surface area (Å²) in [6.07, 6.45) is 1.15. The van der Waals surface area contributed by atoms with Crippen LogP contribution in [0, 0.1) is 6.92 Å². The molecule has 0 atom stereocenters. The Kier molecular flexibility index (Phi) is 2.20. The molecule has 0 spiro atoms. The summed E-state index contributed by atoms with van der Waals surface area (Å²) in [5.41, 5.74) is 1.23. The number of carbonyl (C=O) groups excluding carboxylic acids is 1. The van der Waals surface area contributed by atoms with E-state index in [2.05, 4.69) is 27.1 Å². The van der Waals surface area contributed by atoms with Crippen LogP contribution in [0.15, 0.2) is 12.7 Å². The smallest absolute Gasteiger partial charge is 0.250 e. The first-order valence-corrected chi connectivity index (χ1v) is 4.54. The molecule has 2 heterocycles. The van der Waals surface area contributed by atoms with Gasteiger partial charge in [-0.1, -0.05) is 18.2 Å². The van der Waals surface area contributed by atoms with Gasteiger partial charge in [-0.3, -0.25) is 10.1 Å². The van der Waals surface area contributed by atoms with E-state index >= 15 is 0 Å². The molecular formula is C8H8ClN5O. The van der Waals surface area contributed by atoms with Crippen molar-refractivity contribution >= 4 is 29.1 Å². The van der Waals surface area contributed by atoms with Gasteiger partial charge in [0.25, 0.3) is 0 Å². The predicted molar refractivity (Wildman–Crippen MR) is 55.9 cm³/mol. The number of aromatic nitrogens is 4. The van der Waals surface area contributed by atoms with Gasteiger partial charge in [-0.2, -0.15) is 5.10 Å². The van der Waals surface area contributed by atoms with Crippen molar-refractivity contribution in [2.45, 2.75) is 6.92 Å². The van der Waals surface area contributed by atoms with Crippen LogP contribution in [0.25, 0.3) is 5.65 Å². The first-order chi connectivity index (χ1) is 7.11. The second-order valence-electron chi connectivity index (χ2n) is 2.90. The van der Waals surface area contributed by atoms with Gasteiger partial charge in [0.1, 0.15) is 5.02 Å². The molecule has 1 amide bonds. The fourth-order valence-electron chi connectivity index (χ4n) is 1.13. The van der Waals surface area contributed by atoms with Gasteiger partial charge in [0, 0.05) is 0 Å². The maximum absolute atomic E-state index is 11.0. The number of rotatable bonds is 2. The molecule has 0 aromatic carbocycles. The average molecular weight is 226 g/mol. The van der Waals surface area contributed by atoms with Gasteiger partial charge >= 0.3 is 0 Å². The number of carbonyl (C=O) groups is 1. The third-order valence-electron chi connectivity index (χ3n) is 1.83. The van der Waals surface area contributed by atoms with E-state index in [1.54, 1.807) is 6.92 Å². The number of aryl methyl sites for hydroxylation is 1. The molecule has 2 rings (SSSR count). The lowest BCUT2D eigenvalue weighted by atomic mass is 10.5. The Hall–Kier alpha value is -1.82. The van der Waals surface area contributed by atoms with E-state index in [9.17, 15) is 4.79 Å². The molecule has 6 nitrogen and oxygen atoms in total. The third-order valence-corrected chi connectivity index (χ3v) is 2.28. The summed E-state index contributed by atoms with van der Waals surface area (Å²) in [6, 6.07) is 0. The molecular weight excluding hydrogens is 218 g/mol. The average Bonchev–Trinajstić information content (AvgIpc) is 2.68. The zero-order valence-corrected chi connectivity index (χ0v) is 8.67. The number of halogens is 1. The van der Waals surface area contributed by atoms with Gasteiger partial charge in [0.2, 0.25) is 11.9 Å². The van der Waals surface area contributed by atoms with Gasteiger partial charge in [-0.15, -0.1) is 9.73 Å². The highest BCUT2D eigenvalue weighted by molar-refractivity contribution is 6.34. The Labute approximate surface area is 89.9 Å². The molecule has 0 aliphatic rings. The lowest BCUT2D eigenvalue weighted by Gasteiger charge is -1.93. The van der Waals surface area contributed by atoms with E-state index in [1.165, 1.54) is 4.63 Å². The molecule has 2 aromatic rings. The van der Waals surface area contributed by atoms with Crippen molar-refractivity contribution in [1.29, 1.82) is 0 Å². The summed E-state index contributed by atoms with van der Waals surface area (Å²) in [4.78, 5) is 13.8. The number of nitrogens with one attached hydrogen (secondary N) is 2. The Morgan fingerprint density at radius 2 is 2.40 bits per heavy atom. The number of aromatic amines is 1. The van der Waals surface area contributed by atoms with Gasteiger partial charge < -0.3 is 4.98 Å². The van der Waals surface area contributed by atoms with Crippen LogP contribution in [0.1, 0.15) is 5.69 Å². The molecule has 0 aliphatic carbocycles. The Morgan fingerprint density at radius 3 is 3.00 bits per heavy atom. The van der Waals surface area contributed by atoms with E-state index in [-0.39, 0.29) is 11.9 Å². The normalized spacial score (nSPS) is 10.5. The Balaban J connectivity index is 2.40. The van der Waals surface area contributed by atoms with Crippen LogP contribution in [-0.2, 0) is 4.79 Å². The van der Waals surface area contributed by atoms with Crippen molar-refractivity contribution in [1.82, 2.24) is 19.8 Å².